The van der Waals surface area contributed by atoms with Gasteiger partial charge in [0, 0.05) is 24.8 Å². The van der Waals surface area contributed by atoms with Gasteiger partial charge in [-0.3, -0.25) is 0 Å². The number of methoxy groups -OCH3 is 2. The maximum absolute atomic E-state index is 13.5. The molecule has 0 aliphatic rings. The van der Waals surface area contributed by atoms with Crippen molar-refractivity contribution in [3.63, 3.8) is 0 Å². The van der Waals surface area contributed by atoms with Gasteiger partial charge in [0.25, 0.3) is 0 Å². The van der Waals surface area contributed by atoms with Gasteiger partial charge in [-0.05, 0) is 24.6 Å². The van der Waals surface area contributed by atoms with E-state index in [0.29, 0.717) is 17.9 Å². The summed E-state index contributed by atoms with van der Waals surface area (Å²) in [6, 6.07) is 6.62. The van der Waals surface area contributed by atoms with E-state index in [9.17, 15) is 13.2 Å². The molecule has 0 N–H and O–H groups in total. The normalized spacial score (nSPS) is 10.8. The second-order valence-electron chi connectivity index (χ2n) is 6.93. The van der Waals surface area contributed by atoms with E-state index in [2.05, 4.69) is 19.9 Å². The topological polar surface area (TPSA) is 84.2 Å². The first-order chi connectivity index (χ1) is 15.9. The van der Waals surface area contributed by atoms with Gasteiger partial charge in [-0.1, -0.05) is 6.07 Å². The largest absolute Gasteiger partial charge is 0.495 e. The number of hydrogen-bond acceptors (Lipinski definition) is 7. The predicted molar refractivity (Wildman–Crippen MR) is 110 cm³/mol. The highest BCUT2D eigenvalue weighted by molar-refractivity contribution is 5.49. The summed E-state index contributed by atoms with van der Waals surface area (Å²) in [7, 11) is 2.91. The molecular weight excluding hydrogens is 439 g/mol. The van der Waals surface area contributed by atoms with Gasteiger partial charge in [0.15, 0.2) is 17.5 Å². The van der Waals surface area contributed by atoms with Crippen LogP contribution < -0.4 is 14.2 Å². The van der Waals surface area contributed by atoms with Crippen LogP contribution in [0.25, 0.3) is 5.69 Å². The number of aryl methyl sites for hydroxylation is 1. The van der Waals surface area contributed by atoms with Crippen molar-refractivity contribution in [1.29, 1.82) is 0 Å². The molecule has 170 valence electrons. The van der Waals surface area contributed by atoms with Gasteiger partial charge >= 0.3 is 12.0 Å². The molecule has 0 saturated heterocycles. The first kappa shape index (κ1) is 22.1. The third-order valence-corrected chi connectivity index (χ3v) is 4.59. The third-order valence-electron chi connectivity index (χ3n) is 4.59. The van der Waals surface area contributed by atoms with E-state index >= 15 is 0 Å². The molecule has 4 rings (SSSR count). The fourth-order valence-corrected chi connectivity index (χ4v) is 3.07. The summed E-state index contributed by atoms with van der Waals surface area (Å²) < 4.78 is 57.9. The summed E-state index contributed by atoms with van der Waals surface area (Å²) in [4.78, 5) is 16.5. The lowest BCUT2D eigenvalue weighted by Crippen LogP contribution is -2.05. The Morgan fingerprint density at radius 1 is 0.909 bits per heavy atom. The molecule has 4 aromatic rings. The second kappa shape index (κ2) is 9.15. The molecule has 0 saturated carbocycles. The lowest BCUT2D eigenvalue weighted by Gasteiger charge is -2.12. The van der Waals surface area contributed by atoms with Crippen LogP contribution in [0.3, 0.4) is 0 Å². The summed E-state index contributed by atoms with van der Waals surface area (Å²) in [5, 5.41) is 0. The molecule has 0 aliphatic heterocycles. The number of nitrogens with zero attached hydrogens (tertiary/aromatic N) is 5. The van der Waals surface area contributed by atoms with Crippen LogP contribution in [0.5, 0.6) is 23.5 Å². The number of ether oxygens (including phenoxy) is 3. The van der Waals surface area contributed by atoms with Crippen LogP contribution >= 0.6 is 0 Å². The summed E-state index contributed by atoms with van der Waals surface area (Å²) in [5.74, 6) is -3.82. The lowest BCUT2D eigenvalue weighted by atomic mass is 10.1. The quantitative estimate of drug-likeness (QED) is 0.385. The van der Waals surface area contributed by atoms with E-state index in [1.54, 1.807) is 13.4 Å². The summed E-state index contributed by atoms with van der Waals surface area (Å²) in [5.41, 5.74) is 2.48. The number of rotatable bonds is 7. The minimum Gasteiger partial charge on any atom is -0.495 e. The Bertz CT molecular complexity index is 1290. The molecule has 8 nitrogen and oxygen atoms in total. The Balaban J connectivity index is 1.62. The number of benzene rings is 2. The van der Waals surface area contributed by atoms with Crippen molar-refractivity contribution in [3.05, 3.63) is 77.4 Å². The van der Waals surface area contributed by atoms with Crippen LogP contribution in [-0.4, -0.2) is 38.7 Å². The summed E-state index contributed by atoms with van der Waals surface area (Å²) in [6.45, 7) is 1.89. The molecule has 2 aromatic carbocycles. The zero-order valence-electron chi connectivity index (χ0n) is 17.8. The van der Waals surface area contributed by atoms with Crippen molar-refractivity contribution < 1.29 is 27.4 Å². The highest BCUT2D eigenvalue weighted by Crippen LogP contribution is 2.27. The van der Waals surface area contributed by atoms with E-state index in [1.807, 2.05) is 35.9 Å². The first-order valence-corrected chi connectivity index (χ1v) is 9.65. The van der Waals surface area contributed by atoms with E-state index in [4.69, 9.17) is 14.2 Å². The molecule has 2 heterocycles. The van der Waals surface area contributed by atoms with Gasteiger partial charge in [-0.2, -0.15) is 9.97 Å². The number of aromatic nitrogens is 5. The van der Waals surface area contributed by atoms with Crippen molar-refractivity contribution >= 4 is 0 Å². The van der Waals surface area contributed by atoms with E-state index in [0.717, 1.165) is 16.9 Å². The van der Waals surface area contributed by atoms with Crippen molar-refractivity contribution in [3.8, 4) is 29.2 Å². The second-order valence-corrected chi connectivity index (χ2v) is 6.93. The molecule has 33 heavy (non-hydrogen) atoms. The zero-order chi connectivity index (χ0) is 23.5. The van der Waals surface area contributed by atoms with Crippen molar-refractivity contribution in [2.24, 2.45) is 0 Å². The average Bonchev–Trinajstić information content (AvgIpc) is 3.23. The predicted octanol–water partition coefficient (Wildman–Crippen LogP) is 4.18. The van der Waals surface area contributed by atoms with E-state index < -0.39 is 17.5 Å². The molecule has 11 heteroatoms. The molecule has 2 aromatic heterocycles. The molecule has 0 spiro atoms. The molecule has 0 fully saturated rings. The minimum absolute atomic E-state index is 0.0597. The molecule has 0 bridgehead atoms. The fraction of sp³-hybridized carbons (Fsp3) is 0.182. The highest BCUT2D eigenvalue weighted by Gasteiger charge is 2.15. The van der Waals surface area contributed by atoms with Crippen LogP contribution in [0.4, 0.5) is 13.2 Å². The Labute approximate surface area is 186 Å². The van der Waals surface area contributed by atoms with Crippen LogP contribution in [0, 0.1) is 24.4 Å². The molecule has 0 unspecified atom stereocenters. The van der Waals surface area contributed by atoms with Gasteiger partial charge < -0.3 is 18.8 Å². The van der Waals surface area contributed by atoms with Crippen LogP contribution in [0.1, 0.15) is 17.1 Å². The van der Waals surface area contributed by atoms with Gasteiger partial charge in [-0.15, -0.1) is 4.98 Å². The number of hydrogen-bond donors (Lipinski definition) is 0. The molecule has 0 aliphatic carbocycles. The third kappa shape index (κ3) is 4.86. The lowest BCUT2D eigenvalue weighted by molar-refractivity contribution is 0.353. The molecule has 0 amide bonds. The maximum Gasteiger partial charge on any atom is 0.328 e. The molecule has 0 atom stereocenters. The van der Waals surface area contributed by atoms with E-state index in [1.165, 1.54) is 7.11 Å². The van der Waals surface area contributed by atoms with Gasteiger partial charge in [0.2, 0.25) is 0 Å². The number of imidazole rings is 1. The molecule has 0 radical (unpaired) electrons. The van der Waals surface area contributed by atoms with Gasteiger partial charge in [0.05, 0.1) is 31.9 Å². The maximum atomic E-state index is 13.5. The zero-order valence-corrected chi connectivity index (χ0v) is 17.8. The Kier molecular flexibility index (Phi) is 6.11. The van der Waals surface area contributed by atoms with Crippen LogP contribution in [0.15, 0.2) is 42.9 Å². The van der Waals surface area contributed by atoms with Crippen molar-refractivity contribution in [2.45, 2.75) is 13.3 Å². The fourth-order valence-electron chi connectivity index (χ4n) is 3.07. The van der Waals surface area contributed by atoms with Crippen LogP contribution in [-0.2, 0) is 6.42 Å². The van der Waals surface area contributed by atoms with Crippen molar-refractivity contribution in [2.75, 3.05) is 14.2 Å². The summed E-state index contributed by atoms with van der Waals surface area (Å²) >= 11 is 0. The Hall–Kier alpha value is -4.15. The SMILES string of the molecule is COc1nc(Cc2ccc(-n3cnc(C)c3)c(OC)c2)nc(Oc2cc(F)c(F)c(F)c2)n1. The molecular formula is C22H18F3N5O3. The monoisotopic (exact) mass is 457 g/mol. The standard InChI is InChI=1S/C22H18F3N5O3/c1-12-10-30(11-26-12)17-5-4-13(6-18(17)31-2)7-19-27-21(32-3)29-22(28-19)33-14-8-15(23)20(25)16(24)9-14/h4-6,8-11H,7H2,1-3H3. The first-order valence-electron chi connectivity index (χ1n) is 9.65. The van der Waals surface area contributed by atoms with Crippen molar-refractivity contribution in [1.82, 2.24) is 24.5 Å². The Morgan fingerprint density at radius 3 is 2.27 bits per heavy atom. The number of halogens is 3. The average molecular weight is 457 g/mol. The smallest absolute Gasteiger partial charge is 0.328 e. The highest BCUT2D eigenvalue weighted by atomic mass is 19.2. The van der Waals surface area contributed by atoms with Gasteiger partial charge in [0.1, 0.15) is 17.3 Å². The van der Waals surface area contributed by atoms with Crippen LogP contribution in [0.2, 0.25) is 0 Å². The van der Waals surface area contributed by atoms with Gasteiger partial charge in [-0.25, -0.2) is 18.2 Å². The van der Waals surface area contributed by atoms with E-state index in [-0.39, 0.29) is 30.0 Å². The summed E-state index contributed by atoms with van der Waals surface area (Å²) in [6.07, 6.45) is 3.81. The minimum atomic E-state index is -1.60. The Morgan fingerprint density at radius 2 is 1.64 bits per heavy atom.